The van der Waals surface area contributed by atoms with E-state index in [1.54, 1.807) is 25.2 Å². The van der Waals surface area contributed by atoms with Gasteiger partial charge in [0.2, 0.25) is 0 Å². The van der Waals surface area contributed by atoms with E-state index in [-0.39, 0.29) is 5.91 Å². The molecule has 4 nitrogen and oxygen atoms in total. The number of benzene rings is 1. The van der Waals surface area contributed by atoms with Crippen molar-refractivity contribution in [2.24, 2.45) is 0 Å². The fourth-order valence-corrected chi connectivity index (χ4v) is 2.32. The van der Waals surface area contributed by atoms with E-state index < -0.39 is 0 Å². The van der Waals surface area contributed by atoms with Crippen LogP contribution >= 0.6 is 0 Å². The Hall–Kier alpha value is -2.62. The van der Waals surface area contributed by atoms with E-state index in [0.717, 1.165) is 22.2 Å². The summed E-state index contributed by atoms with van der Waals surface area (Å²) in [6, 6.07) is 11.5. The van der Waals surface area contributed by atoms with E-state index in [1.165, 1.54) is 0 Å². The first-order valence-corrected chi connectivity index (χ1v) is 6.41. The van der Waals surface area contributed by atoms with Crippen molar-refractivity contribution in [3.8, 4) is 11.1 Å². The Labute approximate surface area is 117 Å². The van der Waals surface area contributed by atoms with Crippen LogP contribution in [0.3, 0.4) is 0 Å². The number of nitrogens with zero attached hydrogens (tertiary/aromatic N) is 2. The molecule has 2 heterocycles. The molecule has 0 aliphatic heterocycles. The molecular formula is C16H15N3O. The van der Waals surface area contributed by atoms with Crippen LogP contribution in [0.1, 0.15) is 10.4 Å². The van der Waals surface area contributed by atoms with Gasteiger partial charge < -0.3 is 9.88 Å². The molecule has 0 aliphatic carbocycles. The summed E-state index contributed by atoms with van der Waals surface area (Å²) in [7, 11) is 3.52. The SMILES string of the molecule is CN(C)C(=O)c1ccccc1-c1c[nH]c2ncccc12. The molecule has 4 heteroatoms. The maximum absolute atomic E-state index is 12.3. The van der Waals surface area contributed by atoms with Gasteiger partial charge in [0.25, 0.3) is 5.91 Å². The lowest BCUT2D eigenvalue weighted by atomic mass is 9.99. The van der Waals surface area contributed by atoms with Crippen LogP contribution in [-0.2, 0) is 0 Å². The van der Waals surface area contributed by atoms with Crippen LogP contribution in [0.5, 0.6) is 0 Å². The summed E-state index contributed by atoms with van der Waals surface area (Å²) < 4.78 is 0. The second-order valence-corrected chi connectivity index (χ2v) is 4.85. The molecule has 3 aromatic rings. The number of hydrogen-bond donors (Lipinski definition) is 1. The minimum absolute atomic E-state index is 0.00107. The van der Waals surface area contributed by atoms with Gasteiger partial charge in [-0.25, -0.2) is 4.98 Å². The summed E-state index contributed by atoms with van der Waals surface area (Å²) in [5.41, 5.74) is 3.45. The number of fused-ring (bicyclic) bond motifs is 1. The van der Waals surface area contributed by atoms with Gasteiger partial charge in [-0.1, -0.05) is 18.2 Å². The van der Waals surface area contributed by atoms with E-state index >= 15 is 0 Å². The molecule has 1 aromatic carbocycles. The molecule has 3 rings (SSSR count). The summed E-state index contributed by atoms with van der Waals surface area (Å²) in [5.74, 6) is -0.00107. The van der Waals surface area contributed by atoms with Gasteiger partial charge in [0, 0.05) is 43.0 Å². The second kappa shape index (κ2) is 4.81. The van der Waals surface area contributed by atoms with Gasteiger partial charge >= 0.3 is 0 Å². The van der Waals surface area contributed by atoms with Crippen molar-refractivity contribution >= 4 is 16.9 Å². The van der Waals surface area contributed by atoms with Crippen LogP contribution < -0.4 is 0 Å². The topological polar surface area (TPSA) is 49.0 Å². The molecule has 20 heavy (non-hydrogen) atoms. The molecule has 0 spiro atoms. The number of aromatic amines is 1. The predicted octanol–water partition coefficient (Wildman–Crippen LogP) is 2.93. The monoisotopic (exact) mass is 265 g/mol. The normalized spacial score (nSPS) is 10.7. The lowest BCUT2D eigenvalue weighted by Crippen LogP contribution is -2.22. The first-order chi connectivity index (χ1) is 9.68. The van der Waals surface area contributed by atoms with Crippen molar-refractivity contribution in [3.63, 3.8) is 0 Å². The third kappa shape index (κ3) is 1.95. The molecule has 0 atom stereocenters. The van der Waals surface area contributed by atoms with Crippen LogP contribution in [0.4, 0.5) is 0 Å². The Balaban J connectivity index is 2.22. The van der Waals surface area contributed by atoms with Crippen LogP contribution in [0.2, 0.25) is 0 Å². The summed E-state index contributed by atoms with van der Waals surface area (Å²) in [6.07, 6.45) is 3.65. The van der Waals surface area contributed by atoms with Gasteiger partial charge in [0.15, 0.2) is 0 Å². The number of aromatic nitrogens is 2. The van der Waals surface area contributed by atoms with Gasteiger partial charge in [-0.2, -0.15) is 0 Å². The first-order valence-electron chi connectivity index (χ1n) is 6.41. The number of H-pyrrole nitrogens is 1. The number of carbonyl (C=O) groups excluding carboxylic acids is 1. The largest absolute Gasteiger partial charge is 0.346 e. The molecule has 0 saturated carbocycles. The van der Waals surface area contributed by atoms with Crippen molar-refractivity contribution in [2.45, 2.75) is 0 Å². The highest BCUT2D eigenvalue weighted by molar-refractivity contribution is 6.04. The average Bonchev–Trinajstić information content (AvgIpc) is 2.90. The molecule has 100 valence electrons. The summed E-state index contributed by atoms with van der Waals surface area (Å²) in [5, 5.41) is 1.02. The van der Waals surface area contributed by atoms with Gasteiger partial charge in [0.1, 0.15) is 5.65 Å². The third-order valence-corrected chi connectivity index (χ3v) is 3.30. The maximum Gasteiger partial charge on any atom is 0.253 e. The Morgan fingerprint density at radius 2 is 1.90 bits per heavy atom. The quantitative estimate of drug-likeness (QED) is 0.774. The molecule has 0 unspecified atom stereocenters. The number of pyridine rings is 1. The third-order valence-electron chi connectivity index (χ3n) is 3.30. The lowest BCUT2D eigenvalue weighted by Gasteiger charge is -2.13. The first kappa shape index (κ1) is 12.4. The zero-order chi connectivity index (χ0) is 14.1. The second-order valence-electron chi connectivity index (χ2n) is 4.85. The van der Waals surface area contributed by atoms with Gasteiger partial charge in [-0.3, -0.25) is 4.79 Å². The fraction of sp³-hybridized carbons (Fsp3) is 0.125. The van der Waals surface area contributed by atoms with Crippen molar-refractivity contribution in [2.75, 3.05) is 14.1 Å². The van der Waals surface area contributed by atoms with Crippen molar-refractivity contribution < 1.29 is 4.79 Å². The van der Waals surface area contributed by atoms with Gasteiger partial charge in [-0.05, 0) is 23.8 Å². The average molecular weight is 265 g/mol. The predicted molar refractivity (Wildman–Crippen MR) is 79.5 cm³/mol. The molecule has 0 aliphatic rings. The van der Waals surface area contributed by atoms with E-state index in [1.807, 2.05) is 42.6 Å². The van der Waals surface area contributed by atoms with E-state index in [9.17, 15) is 4.79 Å². The molecule has 0 bridgehead atoms. The van der Waals surface area contributed by atoms with Crippen molar-refractivity contribution in [3.05, 3.63) is 54.4 Å². The minimum Gasteiger partial charge on any atom is -0.346 e. The van der Waals surface area contributed by atoms with E-state index in [4.69, 9.17) is 0 Å². The minimum atomic E-state index is -0.00107. The Kier molecular flexibility index (Phi) is 2.99. The molecule has 0 fully saturated rings. The highest BCUT2D eigenvalue weighted by atomic mass is 16.2. The van der Waals surface area contributed by atoms with Crippen LogP contribution in [-0.4, -0.2) is 34.9 Å². The van der Waals surface area contributed by atoms with E-state index in [2.05, 4.69) is 9.97 Å². The highest BCUT2D eigenvalue weighted by Gasteiger charge is 2.16. The molecular weight excluding hydrogens is 250 g/mol. The Morgan fingerprint density at radius 3 is 2.70 bits per heavy atom. The molecule has 0 saturated heterocycles. The van der Waals surface area contributed by atoms with Crippen LogP contribution in [0, 0.1) is 0 Å². The Bertz CT molecular complexity index is 774. The summed E-state index contributed by atoms with van der Waals surface area (Å²) >= 11 is 0. The zero-order valence-corrected chi connectivity index (χ0v) is 11.4. The summed E-state index contributed by atoms with van der Waals surface area (Å²) in [6.45, 7) is 0. The summed E-state index contributed by atoms with van der Waals surface area (Å²) in [4.78, 5) is 21.3. The molecule has 1 amide bonds. The van der Waals surface area contributed by atoms with Crippen molar-refractivity contribution in [1.82, 2.24) is 14.9 Å². The molecule has 0 radical (unpaired) electrons. The molecule has 1 N–H and O–H groups in total. The molecule has 2 aromatic heterocycles. The van der Waals surface area contributed by atoms with E-state index in [0.29, 0.717) is 5.56 Å². The number of rotatable bonds is 2. The number of nitrogens with one attached hydrogen (secondary N) is 1. The Morgan fingerprint density at radius 1 is 1.10 bits per heavy atom. The maximum atomic E-state index is 12.3. The number of amides is 1. The standard InChI is InChI=1S/C16H15N3O/c1-19(2)16(20)13-7-4-3-6-11(13)14-10-18-15-12(14)8-5-9-17-15/h3-10H,1-2H3,(H,17,18). The lowest BCUT2D eigenvalue weighted by molar-refractivity contribution is 0.0828. The number of carbonyl (C=O) groups is 1. The fourth-order valence-electron chi connectivity index (χ4n) is 2.32. The van der Waals surface area contributed by atoms with Crippen molar-refractivity contribution in [1.29, 1.82) is 0 Å². The van der Waals surface area contributed by atoms with Crippen LogP contribution in [0.15, 0.2) is 48.8 Å². The van der Waals surface area contributed by atoms with Crippen LogP contribution in [0.25, 0.3) is 22.2 Å². The zero-order valence-electron chi connectivity index (χ0n) is 11.4. The van der Waals surface area contributed by atoms with Gasteiger partial charge in [-0.15, -0.1) is 0 Å². The smallest absolute Gasteiger partial charge is 0.253 e. The van der Waals surface area contributed by atoms with Gasteiger partial charge in [0.05, 0.1) is 0 Å². The highest BCUT2D eigenvalue weighted by Crippen LogP contribution is 2.30. The number of hydrogen-bond acceptors (Lipinski definition) is 2.